The van der Waals surface area contributed by atoms with E-state index in [1.54, 1.807) is 0 Å². The van der Waals surface area contributed by atoms with Crippen LogP contribution in [0.3, 0.4) is 0 Å². The van der Waals surface area contributed by atoms with Gasteiger partial charge in [-0.05, 0) is 48.7 Å². The summed E-state index contributed by atoms with van der Waals surface area (Å²) in [5, 5.41) is 3.19. The minimum atomic E-state index is -4.40. The Morgan fingerprint density at radius 3 is 1.74 bits per heavy atom. The molecule has 0 aliphatic heterocycles. The number of allylic oxidation sites excluding steroid dienone is 1. The highest BCUT2D eigenvalue weighted by molar-refractivity contribution is 5.28. The molecule has 0 saturated heterocycles. The van der Waals surface area contributed by atoms with E-state index in [-0.39, 0.29) is 6.04 Å². The second-order valence-corrected chi connectivity index (χ2v) is 6.05. The summed E-state index contributed by atoms with van der Waals surface area (Å²) >= 11 is 0. The van der Waals surface area contributed by atoms with Crippen molar-refractivity contribution in [3.63, 3.8) is 0 Å². The van der Waals surface area contributed by atoms with Gasteiger partial charge in [0.15, 0.2) is 0 Å². The molecule has 0 radical (unpaired) electrons. The molecule has 0 bridgehead atoms. The van der Waals surface area contributed by atoms with E-state index < -0.39 is 23.5 Å². The minimum Gasteiger partial charge on any atom is -0.306 e. The maximum absolute atomic E-state index is 12.7. The van der Waals surface area contributed by atoms with E-state index in [0.29, 0.717) is 24.1 Å². The minimum absolute atomic E-state index is 0.259. The molecule has 0 heterocycles. The van der Waals surface area contributed by atoms with Gasteiger partial charge in [-0.25, -0.2) is 0 Å². The first-order valence-electron chi connectivity index (χ1n) is 8.29. The average molecular weight is 387 g/mol. The number of benzene rings is 2. The highest BCUT2D eigenvalue weighted by Crippen LogP contribution is 2.31. The Bertz CT molecular complexity index is 742. The summed E-state index contributed by atoms with van der Waals surface area (Å²) in [6.07, 6.45) is -4.53. The summed E-state index contributed by atoms with van der Waals surface area (Å²) in [6, 6.07) is 9.41. The number of nitrogens with one attached hydrogen (secondary N) is 1. The van der Waals surface area contributed by atoms with Crippen LogP contribution >= 0.6 is 0 Å². The highest BCUT2D eigenvalue weighted by atomic mass is 19.4. The standard InChI is InChI=1S/C20H19F6N/c1-2-3-4-18(15-7-11-17(12-8-15)20(24,25)26)27-13-14-5-9-16(10-6-14)19(21,22)23/h2-3,5-12,18,27H,4,13H2,1H3/b3-2+. The number of halogens is 6. The van der Waals surface area contributed by atoms with Crippen LogP contribution in [-0.4, -0.2) is 0 Å². The molecule has 0 spiro atoms. The summed E-state index contributed by atoms with van der Waals surface area (Å²) in [5.74, 6) is 0. The first-order valence-corrected chi connectivity index (χ1v) is 8.29. The van der Waals surface area contributed by atoms with Crippen LogP contribution < -0.4 is 5.32 Å². The lowest BCUT2D eigenvalue weighted by atomic mass is 10.0. The molecule has 0 fully saturated rings. The van der Waals surface area contributed by atoms with Gasteiger partial charge in [-0.15, -0.1) is 0 Å². The predicted octanol–water partition coefficient (Wildman–Crippen LogP) is 6.52. The second kappa shape index (κ2) is 8.61. The molecule has 0 saturated carbocycles. The van der Waals surface area contributed by atoms with E-state index >= 15 is 0 Å². The van der Waals surface area contributed by atoms with Gasteiger partial charge in [-0.2, -0.15) is 26.3 Å². The van der Waals surface area contributed by atoms with Crippen molar-refractivity contribution in [2.75, 3.05) is 0 Å². The van der Waals surface area contributed by atoms with Crippen molar-refractivity contribution in [2.45, 2.75) is 38.3 Å². The first kappa shape index (κ1) is 21.0. The zero-order valence-electron chi connectivity index (χ0n) is 14.5. The molecule has 27 heavy (non-hydrogen) atoms. The van der Waals surface area contributed by atoms with Crippen LogP contribution in [0.2, 0.25) is 0 Å². The Hall–Kier alpha value is -2.28. The van der Waals surface area contributed by atoms with E-state index in [4.69, 9.17) is 0 Å². The van der Waals surface area contributed by atoms with Gasteiger partial charge in [-0.3, -0.25) is 0 Å². The molecule has 2 aromatic rings. The van der Waals surface area contributed by atoms with E-state index in [1.165, 1.54) is 24.3 Å². The van der Waals surface area contributed by atoms with Crippen molar-refractivity contribution in [1.29, 1.82) is 0 Å². The first-order chi connectivity index (χ1) is 12.6. The molecule has 1 N–H and O–H groups in total. The zero-order valence-corrected chi connectivity index (χ0v) is 14.5. The third-order valence-electron chi connectivity index (χ3n) is 4.08. The molecule has 0 aliphatic rings. The topological polar surface area (TPSA) is 12.0 Å². The normalized spacial score (nSPS) is 13.9. The highest BCUT2D eigenvalue weighted by Gasteiger charge is 2.31. The fourth-order valence-corrected chi connectivity index (χ4v) is 2.57. The fourth-order valence-electron chi connectivity index (χ4n) is 2.57. The summed E-state index contributed by atoms with van der Waals surface area (Å²) in [6.45, 7) is 2.13. The van der Waals surface area contributed by atoms with Gasteiger partial charge in [0, 0.05) is 12.6 Å². The van der Waals surface area contributed by atoms with Gasteiger partial charge in [0.1, 0.15) is 0 Å². The van der Waals surface area contributed by atoms with Crippen LogP contribution in [0.25, 0.3) is 0 Å². The van der Waals surface area contributed by atoms with Crippen LogP contribution in [0.4, 0.5) is 26.3 Å². The van der Waals surface area contributed by atoms with E-state index in [2.05, 4.69) is 5.32 Å². The van der Waals surface area contributed by atoms with Crippen molar-refractivity contribution in [1.82, 2.24) is 5.32 Å². The molecule has 0 amide bonds. The summed E-state index contributed by atoms with van der Waals surface area (Å²) in [5.41, 5.74) is -0.119. The number of alkyl halides is 6. The molecule has 146 valence electrons. The quantitative estimate of drug-likeness (QED) is 0.439. The van der Waals surface area contributed by atoms with E-state index in [1.807, 2.05) is 19.1 Å². The SMILES string of the molecule is C/C=C/CC(NCc1ccc(C(F)(F)F)cc1)c1ccc(C(F)(F)F)cc1. The Labute approximate surface area is 153 Å². The van der Waals surface area contributed by atoms with Gasteiger partial charge >= 0.3 is 12.4 Å². The Balaban J connectivity index is 2.10. The third-order valence-corrected chi connectivity index (χ3v) is 4.08. The molecule has 2 aromatic carbocycles. The van der Waals surface area contributed by atoms with Gasteiger partial charge in [0.05, 0.1) is 11.1 Å². The molecule has 0 aromatic heterocycles. The number of hydrogen-bond donors (Lipinski definition) is 1. The number of hydrogen-bond acceptors (Lipinski definition) is 1. The zero-order chi connectivity index (χ0) is 20.1. The van der Waals surface area contributed by atoms with Crippen LogP contribution in [-0.2, 0) is 18.9 Å². The molecule has 1 atom stereocenters. The van der Waals surface area contributed by atoms with E-state index in [9.17, 15) is 26.3 Å². The van der Waals surface area contributed by atoms with Crippen molar-refractivity contribution in [3.8, 4) is 0 Å². The van der Waals surface area contributed by atoms with Crippen molar-refractivity contribution >= 4 is 0 Å². The fraction of sp³-hybridized carbons (Fsp3) is 0.300. The molecular weight excluding hydrogens is 368 g/mol. The lowest BCUT2D eigenvalue weighted by molar-refractivity contribution is -0.138. The smallest absolute Gasteiger partial charge is 0.306 e. The molecule has 2 rings (SSSR count). The Morgan fingerprint density at radius 1 is 0.815 bits per heavy atom. The summed E-state index contributed by atoms with van der Waals surface area (Å²) in [4.78, 5) is 0. The van der Waals surface area contributed by atoms with Crippen LogP contribution in [0.1, 0.15) is 41.6 Å². The Morgan fingerprint density at radius 2 is 1.30 bits per heavy atom. The third kappa shape index (κ3) is 6.13. The summed E-state index contributed by atoms with van der Waals surface area (Å²) in [7, 11) is 0. The molecule has 1 unspecified atom stereocenters. The maximum atomic E-state index is 12.7. The maximum Gasteiger partial charge on any atom is 0.416 e. The van der Waals surface area contributed by atoms with E-state index in [0.717, 1.165) is 24.3 Å². The average Bonchev–Trinajstić information content (AvgIpc) is 2.61. The second-order valence-electron chi connectivity index (χ2n) is 6.05. The lowest BCUT2D eigenvalue weighted by Gasteiger charge is -2.19. The Kier molecular flexibility index (Phi) is 6.70. The summed E-state index contributed by atoms with van der Waals surface area (Å²) < 4.78 is 75.9. The van der Waals surface area contributed by atoms with Crippen molar-refractivity contribution < 1.29 is 26.3 Å². The number of rotatable bonds is 6. The van der Waals surface area contributed by atoms with Gasteiger partial charge in [0.25, 0.3) is 0 Å². The molecular formula is C20H19F6N. The van der Waals surface area contributed by atoms with Crippen molar-refractivity contribution in [2.24, 2.45) is 0 Å². The van der Waals surface area contributed by atoms with Crippen LogP contribution in [0.15, 0.2) is 60.7 Å². The molecule has 0 aliphatic carbocycles. The lowest BCUT2D eigenvalue weighted by Crippen LogP contribution is -2.21. The van der Waals surface area contributed by atoms with Crippen LogP contribution in [0, 0.1) is 0 Å². The molecule has 1 nitrogen and oxygen atoms in total. The largest absolute Gasteiger partial charge is 0.416 e. The monoisotopic (exact) mass is 387 g/mol. The van der Waals surface area contributed by atoms with Gasteiger partial charge in [0.2, 0.25) is 0 Å². The van der Waals surface area contributed by atoms with Gasteiger partial charge < -0.3 is 5.32 Å². The van der Waals surface area contributed by atoms with Crippen LogP contribution in [0.5, 0.6) is 0 Å². The predicted molar refractivity (Wildman–Crippen MR) is 91.9 cm³/mol. The van der Waals surface area contributed by atoms with Gasteiger partial charge in [-0.1, -0.05) is 36.4 Å². The molecule has 7 heteroatoms. The van der Waals surface area contributed by atoms with Crippen molar-refractivity contribution in [3.05, 3.63) is 82.9 Å².